The molecule has 1 unspecified atom stereocenters. The van der Waals surface area contributed by atoms with E-state index in [0.29, 0.717) is 4.88 Å². The first-order valence-electron chi connectivity index (χ1n) is 11.2. The van der Waals surface area contributed by atoms with Crippen LogP contribution in [0.15, 0.2) is 54.9 Å². The zero-order valence-electron chi connectivity index (χ0n) is 18.8. The third kappa shape index (κ3) is 4.60. The maximum absolute atomic E-state index is 13.0. The maximum atomic E-state index is 13.0. The average molecular weight is 462 g/mol. The van der Waals surface area contributed by atoms with Crippen molar-refractivity contribution >= 4 is 33.4 Å². The Morgan fingerprint density at radius 2 is 1.82 bits per heavy atom. The number of benzene rings is 1. The summed E-state index contributed by atoms with van der Waals surface area (Å²) in [5, 5.41) is 8.87. The van der Waals surface area contributed by atoms with Crippen molar-refractivity contribution in [2.75, 3.05) is 37.6 Å². The number of amides is 1. The maximum Gasteiger partial charge on any atom is 0.261 e. The van der Waals surface area contributed by atoms with Gasteiger partial charge in [0.15, 0.2) is 0 Å². The summed E-state index contributed by atoms with van der Waals surface area (Å²) in [7, 11) is 0. The Kier molecular flexibility index (Phi) is 6.06. The SMILES string of the molecule is Cc1nn(-c2ccccc2)c2sc(C(=O)NC(C)CN3CCN(c4ncccn4)CC3)cc12. The molecule has 0 bridgehead atoms. The van der Waals surface area contributed by atoms with E-state index in [2.05, 4.69) is 37.1 Å². The number of hydrogen-bond donors (Lipinski definition) is 1. The monoisotopic (exact) mass is 461 g/mol. The van der Waals surface area contributed by atoms with Crippen LogP contribution in [0.1, 0.15) is 22.3 Å². The van der Waals surface area contributed by atoms with Gasteiger partial charge < -0.3 is 10.2 Å². The highest BCUT2D eigenvalue weighted by Crippen LogP contribution is 2.30. The van der Waals surface area contributed by atoms with Gasteiger partial charge in [-0.1, -0.05) is 18.2 Å². The van der Waals surface area contributed by atoms with Gasteiger partial charge in [0.1, 0.15) is 4.83 Å². The lowest BCUT2D eigenvalue weighted by atomic mass is 10.2. The number of aryl methyl sites for hydroxylation is 1. The second-order valence-corrected chi connectivity index (χ2v) is 9.40. The number of nitrogens with one attached hydrogen (secondary N) is 1. The number of anilines is 1. The van der Waals surface area contributed by atoms with E-state index >= 15 is 0 Å². The predicted octanol–water partition coefficient (Wildman–Crippen LogP) is 3.13. The number of carbonyl (C=O) groups excluding carboxylic acids is 1. The average Bonchev–Trinajstić information content (AvgIpc) is 3.41. The largest absolute Gasteiger partial charge is 0.348 e. The van der Waals surface area contributed by atoms with Gasteiger partial charge in [-0.15, -0.1) is 11.3 Å². The van der Waals surface area contributed by atoms with Crippen LogP contribution < -0.4 is 10.2 Å². The summed E-state index contributed by atoms with van der Waals surface area (Å²) in [6.45, 7) is 8.48. The lowest BCUT2D eigenvalue weighted by Gasteiger charge is -2.35. The number of carbonyl (C=O) groups is 1. The lowest BCUT2D eigenvalue weighted by molar-refractivity contribution is 0.0932. The normalized spacial score (nSPS) is 15.6. The summed E-state index contributed by atoms with van der Waals surface area (Å²) in [5.74, 6) is 0.756. The van der Waals surface area contributed by atoms with Crippen LogP contribution in [0, 0.1) is 6.92 Å². The summed E-state index contributed by atoms with van der Waals surface area (Å²) >= 11 is 1.49. The summed E-state index contributed by atoms with van der Waals surface area (Å²) in [6.07, 6.45) is 3.55. The van der Waals surface area contributed by atoms with E-state index in [-0.39, 0.29) is 11.9 Å². The molecule has 3 aromatic heterocycles. The van der Waals surface area contributed by atoms with E-state index < -0.39 is 0 Å². The van der Waals surface area contributed by atoms with Crippen molar-refractivity contribution in [1.29, 1.82) is 0 Å². The minimum Gasteiger partial charge on any atom is -0.348 e. The third-order valence-electron chi connectivity index (χ3n) is 5.89. The molecule has 170 valence electrons. The number of thiophene rings is 1. The molecule has 5 rings (SSSR count). The molecule has 1 aliphatic rings. The van der Waals surface area contributed by atoms with Crippen molar-refractivity contribution in [2.45, 2.75) is 19.9 Å². The van der Waals surface area contributed by atoms with Gasteiger partial charge in [0.2, 0.25) is 5.95 Å². The quantitative estimate of drug-likeness (QED) is 0.475. The number of hydrogen-bond acceptors (Lipinski definition) is 7. The fourth-order valence-corrected chi connectivity index (χ4v) is 5.30. The molecule has 4 heterocycles. The number of aromatic nitrogens is 4. The van der Waals surface area contributed by atoms with Crippen LogP contribution in [0.4, 0.5) is 5.95 Å². The number of fused-ring (bicyclic) bond motifs is 1. The van der Waals surface area contributed by atoms with Crippen molar-refractivity contribution in [3.8, 4) is 5.69 Å². The molecule has 0 radical (unpaired) electrons. The van der Waals surface area contributed by atoms with E-state index in [1.54, 1.807) is 12.4 Å². The Labute approximate surface area is 196 Å². The first-order valence-corrected chi connectivity index (χ1v) is 12.0. The van der Waals surface area contributed by atoms with Crippen LogP contribution >= 0.6 is 11.3 Å². The first kappa shape index (κ1) is 21.5. The standard InChI is InChI=1S/C24H27N7OS/c1-17(16-29-11-13-30(14-12-29)24-25-9-6-10-26-24)27-22(32)21-15-20-18(2)28-31(23(20)33-21)19-7-4-3-5-8-19/h3-10,15,17H,11-14,16H2,1-2H3,(H,27,32). The molecule has 0 saturated carbocycles. The van der Waals surface area contributed by atoms with Crippen LogP contribution in [0.25, 0.3) is 15.9 Å². The molecule has 1 aromatic carbocycles. The molecule has 33 heavy (non-hydrogen) atoms. The predicted molar refractivity (Wildman–Crippen MR) is 131 cm³/mol. The Morgan fingerprint density at radius 1 is 1.09 bits per heavy atom. The minimum absolute atomic E-state index is 0.0287. The molecule has 1 aliphatic heterocycles. The van der Waals surface area contributed by atoms with Crippen molar-refractivity contribution in [2.24, 2.45) is 0 Å². The Morgan fingerprint density at radius 3 is 2.55 bits per heavy atom. The Bertz CT molecular complexity index is 1230. The van der Waals surface area contributed by atoms with Crippen LogP contribution in [0.3, 0.4) is 0 Å². The van der Waals surface area contributed by atoms with Crippen molar-refractivity contribution < 1.29 is 4.79 Å². The van der Waals surface area contributed by atoms with Gasteiger partial charge >= 0.3 is 0 Å². The molecule has 1 atom stereocenters. The molecular weight excluding hydrogens is 434 g/mol. The molecular formula is C24H27N7OS. The van der Waals surface area contributed by atoms with Gasteiger partial charge in [-0.05, 0) is 38.1 Å². The van der Waals surface area contributed by atoms with Crippen LogP contribution in [0.2, 0.25) is 0 Å². The van der Waals surface area contributed by atoms with E-state index in [4.69, 9.17) is 0 Å². The highest BCUT2D eigenvalue weighted by molar-refractivity contribution is 7.20. The molecule has 4 aromatic rings. The summed E-state index contributed by atoms with van der Waals surface area (Å²) in [6, 6.07) is 13.9. The molecule has 1 amide bonds. The smallest absolute Gasteiger partial charge is 0.261 e. The van der Waals surface area contributed by atoms with Crippen LogP contribution in [-0.2, 0) is 0 Å². The highest BCUT2D eigenvalue weighted by Gasteiger charge is 2.22. The zero-order valence-corrected chi connectivity index (χ0v) is 19.6. The number of piperazine rings is 1. The summed E-state index contributed by atoms with van der Waals surface area (Å²) < 4.78 is 1.92. The van der Waals surface area contributed by atoms with Gasteiger partial charge in [-0.3, -0.25) is 9.69 Å². The van der Waals surface area contributed by atoms with Gasteiger partial charge in [0.25, 0.3) is 5.91 Å². The van der Waals surface area contributed by atoms with Crippen LogP contribution in [0.5, 0.6) is 0 Å². The van der Waals surface area contributed by atoms with Crippen LogP contribution in [-0.4, -0.2) is 69.3 Å². The molecule has 0 aliphatic carbocycles. The highest BCUT2D eigenvalue weighted by atomic mass is 32.1. The molecule has 1 fully saturated rings. The fraction of sp³-hybridized carbons (Fsp3) is 0.333. The zero-order chi connectivity index (χ0) is 22.8. The van der Waals surface area contributed by atoms with E-state index in [1.165, 1.54) is 11.3 Å². The minimum atomic E-state index is -0.0287. The molecule has 9 heteroatoms. The second kappa shape index (κ2) is 9.29. The van der Waals surface area contributed by atoms with Gasteiger partial charge in [-0.2, -0.15) is 5.10 Å². The van der Waals surface area contributed by atoms with E-state index in [0.717, 1.165) is 60.3 Å². The van der Waals surface area contributed by atoms with Crippen molar-refractivity contribution in [1.82, 2.24) is 30.0 Å². The first-order chi connectivity index (χ1) is 16.1. The molecule has 1 saturated heterocycles. The number of para-hydroxylation sites is 1. The Hall–Kier alpha value is -3.30. The number of nitrogens with zero attached hydrogens (tertiary/aromatic N) is 6. The second-order valence-electron chi connectivity index (χ2n) is 8.37. The van der Waals surface area contributed by atoms with Gasteiger partial charge in [-0.25, -0.2) is 14.6 Å². The molecule has 0 spiro atoms. The topological polar surface area (TPSA) is 79.2 Å². The Balaban J connectivity index is 1.20. The summed E-state index contributed by atoms with van der Waals surface area (Å²) in [4.78, 5) is 28.0. The van der Waals surface area contributed by atoms with Gasteiger partial charge in [0, 0.05) is 56.5 Å². The van der Waals surface area contributed by atoms with Crippen molar-refractivity contribution in [3.63, 3.8) is 0 Å². The third-order valence-corrected chi connectivity index (χ3v) is 7.00. The van der Waals surface area contributed by atoms with Crippen molar-refractivity contribution in [3.05, 3.63) is 65.4 Å². The number of rotatable bonds is 6. The lowest BCUT2D eigenvalue weighted by Crippen LogP contribution is -2.51. The molecule has 1 N–H and O–H groups in total. The fourth-order valence-electron chi connectivity index (χ4n) is 4.22. The van der Waals surface area contributed by atoms with E-state index in [1.807, 2.05) is 54.1 Å². The van der Waals surface area contributed by atoms with Gasteiger partial charge in [0.05, 0.1) is 16.3 Å². The van der Waals surface area contributed by atoms with E-state index in [9.17, 15) is 4.79 Å². The molecule has 8 nitrogen and oxygen atoms in total. The summed E-state index contributed by atoms with van der Waals surface area (Å²) in [5.41, 5.74) is 1.93.